The van der Waals surface area contributed by atoms with Gasteiger partial charge in [0.2, 0.25) is 10.0 Å². The molecular formula is C10H21ClN2O2S. The number of piperidine rings is 1. The maximum Gasteiger partial charge on any atom is 0.217 e. The predicted octanol–water partition coefficient (Wildman–Crippen LogP) is 0.960. The minimum Gasteiger partial charge on any atom is -0.329 e. The summed E-state index contributed by atoms with van der Waals surface area (Å²) in [5.74, 6) is 0.400. The van der Waals surface area contributed by atoms with E-state index in [0.717, 1.165) is 25.7 Å². The van der Waals surface area contributed by atoms with Gasteiger partial charge in [0, 0.05) is 19.1 Å². The Morgan fingerprint density at radius 1 is 1.31 bits per heavy atom. The van der Waals surface area contributed by atoms with Crippen molar-refractivity contribution in [2.45, 2.75) is 43.9 Å². The van der Waals surface area contributed by atoms with Crippen LogP contribution in [0.2, 0.25) is 0 Å². The van der Waals surface area contributed by atoms with Gasteiger partial charge in [0.1, 0.15) is 0 Å². The van der Waals surface area contributed by atoms with Gasteiger partial charge < -0.3 is 5.73 Å². The molecule has 96 valence electrons. The van der Waals surface area contributed by atoms with Crippen LogP contribution in [0, 0.1) is 5.92 Å². The van der Waals surface area contributed by atoms with Crippen molar-refractivity contribution < 1.29 is 8.42 Å². The highest BCUT2D eigenvalue weighted by molar-refractivity contribution is 7.90. The second kappa shape index (κ2) is 5.21. The molecule has 1 heterocycles. The molecule has 4 nitrogen and oxygen atoms in total. The molecule has 0 spiro atoms. The molecule has 1 aliphatic carbocycles. The van der Waals surface area contributed by atoms with E-state index < -0.39 is 10.0 Å². The molecule has 2 unspecified atom stereocenters. The van der Waals surface area contributed by atoms with Crippen molar-refractivity contribution in [3.05, 3.63) is 0 Å². The number of halogens is 1. The predicted molar refractivity (Wildman–Crippen MR) is 67.1 cm³/mol. The molecule has 2 aliphatic rings. The van der Waals surface area contributed by atoms with Gasteiger partial charge in [-0.25, -0.2) is 8.42 Å². The van der Waals surface area contributed by atoms with Crippen LogP contribution in [0.5, 0.6) is 0 Å². The minimum absolute atomic E-state index is 0. The van der Waals surface area contributed by atoms with E-state index in [9.17, 15) is 8.42 Å². The zero-order valence-electron chi connectivity index (χ0n) is 9.63. The lowest BCUT2D eigenvalue weighted by Gasteiger charge is -2.38. The molecule has 1 saturated heterocycles. The Hall–Kier alpha value is 0.160. The monoisotopic (exact) mass is 268 g/mol. The van der Waals surface area contributed by atoms with Gasteiger partial charge >= 0.3 is 0 Å². The highest BCUT2D eigenvalue weighted by atomic mass is 35.5. The number of sulfonamides is 1. The fraction of sp³-hybridized carbons (Fsp3) is 1.00. The van der Waals surface area contributed by atoms with E-state index in [2.05, 4.69) is 6.92 Å². The number of hydrogen-bond acceptors (Lipinski definition) is 3. The lowest BCUT2D eigenvalue weighted by molar-refractivity contribution is 0.192. The number of hydrogen-bond donors (Lipinski definition) is 1. The van der Waals surface area contributed by atoms with E-state index in [1.165, 1.54) is 0 Å². The largest absolute Gasteiger partial charge is 0.329 e. The maximum atomic E-state index is 12.1. The van der Waals surface area contributed by atoms with Crippen molar-refractivity contribution >= 4 is 22.4 Å². The maximum absolute atomic E-state index is 12.1. The first-order valence-electron chi connectivity index (χ1n) is 5.78. The number of nitrogens with zero attached hydrogens (tertiary/aromatic N) is 1. The summed E-state index contributed by atoms with van der Waals surface area (Å²) in [6.07, 6.45) is 3.75. The fourth-order valence-electron chi connectivity index (χ4n) is 2.43. The molecule has 0 amide bonds. The molecule has 2 fully saturated rings. The van der Waals surface area contributed by atoms with Crippen molar-refractivity contribution in [2.75, 3.05) is 13.1 Å². The highest BCUT2D eigenvalue weighted by Gasteiger charge is 2.44. The first-order chi connectivity index (χ1) is 7.07. The fourth-order valence-corrected chi connectivity index (χ4v) is 4.60. The summed E-state index contributed by atoms with van der Waals surface area (Å²) in [4.78, 5) is 0. The smallest absolute Gasteiger partial charge is 0.217 e. The first-order valence-corrected chi connectivity index (χ1v) is 7.28. The summed E-state index contributed by atoms with van der Waals surface area (Å²) in [7, 11) is -3.03. The second-order valence-electron chi connectivity index (χ2n) is 4.78. The van der Waals surface area contributed by atoms with Crippen LogP contribution >= 0.6 is 12.4 Å². The molecule has 0 radical (unpaired) electrons. The molecule has 2 atom stereocenters. The Labute approximate surface area is 104 Å². The van der Waals surface area contributed by atoms with Gasteiger partial charge in [0.05, 0.1) is 5.25 Å². The van der Waals surface area contributed by atoms with Crippen molar-refractivity contribution in [3.8, 4) is 0 Å². The van der Waals surface area contributed by atoms with Crippen LogP contribution in [0.3, 0.4) is 0 Å². The van der Waals surface area contributed by atoms with Crippen molar-refractivity contribution in [3.63, 3.8) is 0 Å². The van der Waals surface area contributed by atoms with Gasteiger partial charge in [-0.15, -0.1) is 12.4 Å². The van der Waals surface area contributed by atoms with Gasteiger partial charge in [-0.1, -0.05) is 6.92 Å². The Balaban J connectivity index is 0.00000128. The van der Waals surface area contributed by atoms with E-state index in [0.29, 0.717) is 19.0 Å². The Morgan fingerprint density at radius 3 is 2.44 bits per heavy atom. The average molecular weight is 269 g/mol. The standard InChI is InChI=1S/C10H20N2O2S.ClH/c1-8-3-2-6-12(10(8)7-11)15(13,14)9-4-5-9;/h8-10H,2-7,11H2,1H3;1H. The summed E-state index contributed by atoms with van der Waals surface area (Å²) in [5.41, 5.74) is 5.70. The van der Waals surface area contributed by atoms with Crippen molar-refractivity contribution in [1.82, 2.24) is 4.31 Å². The molecule has 2 N–H and O–H groups in total. The SMILES string of the molecule is CC1CCCN(S(=O)(=O)C2CC2)C1CN.Cl. The minimum atomic E-state index is -3.03. The van der Waals surface area contributed by atoms with E-state index in [1.807, 2.05) is 0 Å². The molecule has 0 aromatic rings. The molecule has 0 bridgehead atoms. The lowest BCUT2D eigenvalue weighted by atomic mass is 9.93. The van der Waals surface area contributed by atoms with Gasteiger partial charge in [-0.05, 0) is 31.6 Å². The van der Waals surface area contributed by atoms with Crippen LogP contribution in [0.25, 0.3) is 0 Å². The molecule has 1 saturated carbocycles. The average Bonchev–Trinajstić information content (AvgIpc) is 3.00. The van der Waals surface area contributed by atoms with Gasteiger partial charge in [0.15, 0.2) is 0 Å². The molecule has 6 heteroatoms. The normalized spacial score (nSPS) is 32.1. The highest BCUT2D eigenvalue weighted by Crippen LogP contribution is 2.35. The molecule has 0 aromatic carbocycles. The zero-order valence-corrected chi connectivity index (χ0v) is 11.3. The van der Waals surface area contributed by atoms with Crippen LogP contribution in [0.15, 0.2) is 0 Å². The third kappa shape index (κ3) is 2.53. The third-order valence-corrected chi connectivity index (χ3v) is 6.00. The van der Waals surface area contributed by atoms with Gasteiger partial charge in [-0.3, -0.25) is 0 Å². The van der Waals surface area contributed by atoms with E-state index >= 15 is 0 Å². The van der Waals surface area contributed by atoms with Crippen molar-refractivity contribution in [2.24, 2.45) is 11.7 Å². The summed E-state index contributed by atoms with van der Waals surface area (Å²) in [6, 6.07) is 0.0318. The quantitative estimate of drug-likeness (QED) is 0.829. The molecule has 1 aliphatic heterocycles. The van der Waals surface area contributed by atoms with E-state index in [1.54, 1.807) is 4.31 Å². The molecule has 2 rings (SSSR count). The second-order valence-corrected chi connectivity index (χ2v) is 6.94. The number of nitrogens with two attached hydrogens (primary N) is 1. The Bertz CT molecular complexity index is 330. The topological polar surface area (TPSA) is 63.4 Å². The summed E-state index contributed by atoms with van der Waals surface area (Å²) in [5, 5.41) is -0.100. The van der Waals surface area contributed by atoms with Crippen LogP contribution in [0.1, 0.15) is 32.6 Å². The van der Waals surface area contributed by atoms with Crippen molar-refractivity contribution in [1.29, 1.82) is 0 Å². The Morgan fingerprint density at radius 2 is 1.94 bits per heavy atom. The van der Waals surface area contributed by atoms with E-state index in [-0.39, 0.29) is 23.7 Å². The molecule has 0 aromatic heterocycles. The van der Waals surface area contributed by atoms with Crippen LogP contribution in [-0.4, -0.2) is 37.1 Å². The lowest BCUT2D eigenvalue weighted by Crippen LogP contribution is -2.52. The summed E-state index contributed by atoms with van der Waals surface area (Å²) < 4.78 is 25.9. The molecular weight excluding hydrogens is 248 g/mol. The summed E-state index contributed by atoms with van der Waals surface area (Å²) in [6.45, 7) is 3.23. The van der Waals surface area contributed by atoms with Gasteiger partial charge in [-0.2, -0.15) is 4.31 Å². The first kappa shape index (κ1) is 14.2. The van der Waals surface area contributed by atoms with Gasteiger partial charge in [0.25, 0.3) is 0 Å². The summed E-state index contributed by atoms with van der Waals surface area (Å²) >= 11 is 0. The third-order valence-electron chi connectivity index (χ3n) is 3.58. The van der Waals surface area contributed by atoms with Crippen LogP contribution in [-0.2, 0) is 10.0 Å². The van der Waals surface area contributed by atoms with E-state index in [4.69, 9.17) is 5.73 Å². The van der Waals surface area contributed by atoms with Crippen LogP contribution < -0.4 is 5.73 Å². The van der Waals surface area contributed by atoms with Crippen LogP contribution in [0.4, 0.5) is 0 Å². The molecule has 16 heavy (non-hydrogen) atoms. The Kier molecular flexibility index (Phi) is 4.63. The number of rotatable bonds is 3. The zero-order chi connectivity index (χ0) is 11.1.